The number of carbonyl (C=O) groups excluding carboxylic acids is 5. The number of nitrogens with zero attached hydrogens (tertiary/aromatic N) is 10. The number of aliphatic carboxylic acids is 5. The Hall–Kier alpha value is -8.78. The number of pyridine rings is 1. The highest BCUT2D eigenvalue weighted by molar-refractivity contribution is 6.08. The van der Waals surface area contributed by atoms with Crippen LogP contribution in [0.4, 0.5) is 8.78 Å². The van der Waals surface area contributed by atoms with Crippen LogP contribution in [0.2, 0.25) is 0 Å². The van der Waals surface area contributed by atoms with Crippen LogP contribution in [0.3, 0.4) is 0 Å². The minimum absolute atomic E-state index is 0.0682. The van der Waals surface area contributed by atoms with Gasteiger partial charge in [-0.15, -0.1) is 0 Å². The Morgan fingerprint density at radius 2 is 1.43 bits per heavy atom. The number of halogens is 2. The van der Waals surface area contributed by atoms with Crippen LogP contribution in [0, 0.1) is 29.1 Å². The highest BCUT2D eigenvalue weighted by atomic mass is 19.3. The Labute approximate surface area is 454 Å². The van der Waals surface area contributed by atoms with E-state index in [4.69, 9.17) is 4.74 Å². The fourth-order valence-electron chi connectivity index (χ4n) is 9.29. The molecule has 0 unspecified atom stereocenters. The lowest BCUT2D eigenvalue weighted by Gasteiger charge is -2.35. The minimum Gasteiger partial charge on any atom is -0.494 e. The lowest BCUT2D eigenvalue weighted by atomic mass is 9.90. The monoisotopic (exact) mass is 1120 g/mol. The maximum absolute atomic E-state index is 14.0. The third kappa shape index (κ3) is 16.9. The van der Waals surface area contributed by atoms with Gasteiger partial charge < -0.3 is 54.5 Å². The maximum Gasteiger partial charge on any atom is 0.317 e. The van der Waals surface area contributed by atoms with Crippen molar-refractivity contribution in [2.75, 3.05) is 59.0 Å². The number of nitrogens with one attached hydrogen (secondary N) is 1. The number of carboxylic acid groups (broad SMARTS) is 5. The average Bonchev–Trinajstić information content (AvgIpc) is 4.17. The van der Waals surface area contributed by atoms with Crippen molar-refractivity contribution in [3.05, 3.63) is 72.5 Å². The van der Waals surface area contributed by atoms with Crippen molar-refractivity contribution in [2.45, 2.75) is 83.1 Å². The molecule has 29 heteroatoms. The molecule has 0 aliphatic carbocycles. The van der Waals surface area contributed by atoms with Crippen molar-refractivity contribution in [3.8, 4) is 11.8 Å². The Balaban J connectivity index is 1.04. The highest BCUT2D eigenvalue weighted by Crippen LogP contribution is 2.33. The van der Waals surface area contributed by atoms with Crippen LogP contribution in [0.1, 0.15) is 67.0 Å². The Bertz CT molecular complexity index is 2980. The summed E-state index contributed by atoms with van der Waals surface area (Å²) in [6.45, 7) is 0.292. The molecule has 428 valence electrons. The standard InChI is InChI=1S/C51H59F2N11O16/c52-51(53)23-32(24-54)64(30-51)44(68)5-4-40(66)35-6-8-55-39-3-2-34(22-37(35)39)80-19-1-12-59-15-17-61(18-16-59)45(69)29-60(27-42-57-11-14-63(42)28-43(67)58-9-7-36(47(72)73)48(74)75)26-41-56-10-13-62(41)25-33(65)20-31(46(70)71)21-38(49(76)77)50(78)79/h2-3,6,8,10-11,13-14,22,31-32,36,38H,1,4-5,7,9,12,15-21,23,25-30H2,(H,58,67)(H,70,71)(H,72,73)(H,74,75)(H,76,77)(H,78,79)/t31-,32-/m0/s1. The van der Waals surface area contributed by atoms with Gasteiger partial charge in [0.1, 0.15) is 30.0 Å². The Morgan fingerprint density at radius 1 is 0.787 bits per heavy atom. The van der Waals surface area contributed by atoms with Crippen molar-refractivity contribution >= 4 is 70.0 Å². The van der Waals surface area contributed by atoms with E-state index in [1.54, 1.807) is 34.1 Å². The summed E-state index contributed by atoms with van der Waals surface area (Å²) in [4.78, 5) is 143. The lowest BCUT2D eigenvalue weighted by molar-refractivity contribution is -0.158. The summed E-state index contributed by atoms with van der Waals surface area (Å²) in [5.74, 6) is -18.5. The number of carbonyl (C=O) groups is 10. The number of ketones is 2. The number of benzene rings is 1. The van der Waals surface area contributed by atoms with Crippen LogP contribution in [0.5, 0.6) is 5.75 Å². The van der Waals surface area contributed by atoms with Gasteiger partial charge in [0.15, 0.2) is 23.4 Å². The van der Waals surface area contributed by atoms with Gasteiger partial charge in [0.2, 0.25) is 17.7 Å². The number of piperazine rings is 1. The van der Waals surface area contributed by atoms with Gasteiger partial charge in [0.25, 0.3) is 5.92 Å². The molecule has 2 aliphatic heterocycles. The van der Waals surface area contributed by atoms with Crippen LogP contribution < -0.4 is 10.1 Å². The summed E-state index contributed by atoms with van der Waals surface area (Å²) in [7, 11) is 0. The molecule has 0 radical (unpaired) electrons. The molecular formula is C51H59F2N11O16. The highest BCUT2D eigenvalue weighted by Gasteiger charge is 2.47. The third-order valence-electron chi connectivity index (χ3n) is 13.6. The fourth-order valence-corrected chi connectivity index (χ4v) is 9.29. The van der Waals surface area contributed by atoms with E-state index in [-0.39, 0.29) is 75.9 Å². The number of hydrogen-bond acceptors (Lipinski definition) is 17. The second-order valence-electron chi connectivity index (χ2n) is 19.3. The quantitative estimate of drug-likeness (QED) is 0.0233. The molecule has 2 fully saturated rings. The van der Waals surface area contributed by atoms with E-state index >= 15 is 0 Å². The van der Waals surface area contributed by atoms with Gasteiger partial charge in [-0.2, -0.15) is 5.26 Å². The molecule has 0 bridgehead atoms. The van der Waals surface area contributed by atoms with Crippen molar-refractivity contribution in [3.63, 3.8) is 0 Å². The van der Waals surface area contributed by atoms with Crippen LogP contribution in [0.15, 0.2) is 55.2 Å². The van der Waals surface area contributed by atoms with E-state index in [1.807, 2.05) is 0 Å². The van der Waals surface area contributed by atoms with E-state index in [0.29, 0.717) is 61.6 Å². The molecule has 2 aliphatic rings. The van der Waals surface area contributed by atoms with Gasteiger partial charge in [-0.25, -0.2) is 18.7 Å². The first kappa shape index (κ1) is 60.4. The predicted octanol–water partition coefficient (Wildman–Crippen LogP) is 1.09. The van der Waals surface area contributed by atoms with Gasteiger partial charge in [0.05, 0.1) is 56.8 Å². The van der Waals surface area contributed by atoms with Crippen molar-refractivity contribution in [1.82, 2.24) is 49.0 Å². The Morgan fingerprint density at radius 3 is 2.04 bits per heavy atom. The number of carboxylic acids is 5. The lowest BCUT2D eigenvalue weighted by Crippen LogP contribution is -2.51. The smallest absolute Gasteiger partial charge is 0.317 e. The molecule has 3 aromatic heterocycles. The SMILES string of the molecule is N#C[C@@H]1CC(F)(F)CN1C(=O)CCC(=O)c1ccnc2ccc(OCCCN3CCN(C(=O)CN(Cc4nccn4CC(=O)C[C@@H](CC(C(=O)O)C(=O)O)C(=O)O)Cc4nccn4CC(=O)NCCC(C(=O)O)C(=O)O)CC3)cc12. The van der Waals surface area contributed by atoms with Crippen molar-refractivity contribution in [1.29, 1.82) is 5.26 Å². The molecule has 2 atom stereocenters. The Kier molecular flexibility index (Phi) is 20.9. The van der Waals surface area contributed by atoms with Gasteiger partial charge in [-0.05, 0) is 43.5 Å². The first-order chi connectivity index (χ1) is 38.0. The van der Waals surface area contributed by atoms with E-state index in [9.17, 15) is 87.5 Å². The topological polar surface area (TPSA) is 378 Å². The number of nitriles is 1. The number of fused-ring (bicyclic) bond motifs is 1. The van der Waals surface area contributed by atoms with Crippen LogP contribution in [0.25, 0.3) is 10.9 Å². The molecule has 0 spiro atoms. The number of likely N-dealkylation sites (tertiary alicyclic amines) is 1. The van der Waals surface area contributed by atoms with Gasteiger partial charge in [-0.3, -0.25) is 62.7 Å². The number of imidazole rings is 2. The molecule has 3 amide bonds. The molecule has 0 saturated carbocycles. The van der Waals surface area contributed by atoms with E-state index < -0.39 is 115 Å². The number of ether oxygens (including phenoxy) is 1. The van der Waals surface area contributed by atoms with Crippen LogP contribution in [-0.2, 0) is 69.3 Å². The zero-order chi connectivity index (χ0) is 58.3. The average molecular weight is 1120 g/mol. The zero-order valence-corrected chi connectivity index (χ0v) is 43.1. The second-order valence-corrected chi connectivity index (χ2v) is 19.3. The second kappa shape index (κ2) is 27.7. The number of amides is 3. The number of alkyl halides is 2. The number of Topliss-reactive ketones (excluding diaryl/α,β-unsaturated/α-hetero) is 2. The number of rotatable bonds is 31. The molecule has 80 heavy (non-hydrogen) atoms. The molecule has 4 aromatic rings. The van der Waals surface area contributed by atoms with Crippen molar-refractivity contribution in [2.24, 2.45) is 17.8 Å². The number of hydrogen-bond donors (Lipinski definition) is 6. The van der Waals surface area contributed by atoms with Crippen LogP contribution >= 0.6 is 0 Å². The summed E-state index contributed by atoms with van der Waals surface area (Å²) in [5, 5.41) is 58.9. The largest absolute Gasteiger partial charge is 0.494 e. The predicted molar refractivity (Wildman–Crippen MR) is 268 cm³/mol. The van der Waals surface area contributed by atoms with Gasteiger partial charge in [-0.1, -0.05) is 0 Å². The molecular weight excluding hydrogens is 1060 g/mol. The van der Waals surface area contributed by atoms with E-state index in [2.05, 4.69) is 25.2 Å². The fraction of sp³-hybridized carbons (Fsp3) is 0.490. The molecule has 5 heterocycles. The molecule has 2 saturated heterocycles. The first-order valence-electron chi connectivity index (χ1n) is 25.3. The van der Waals surface area contributed by atoms with E-state index in [1.165, 1.54) is 46.2 Å². The van der Waals surface area contributed by atoms with E-state index in [0.717, 1.165) is 4.90 Å². The maximum atomic E-state index is 14.0. The summed E-state index contributed by atoms with van der Waals surface area (Å²) >= 11 is 0. The first-order valence-corrected chi connectivity index (χ1v) is 25.3. The van der Waals surface area contributed by atoms with Gasteiger partial charge >= 0.3 is 29.8 Å². The minimum atomic E-state index is -3.18. The molecule has 6 N–H and O–H groups in total. The molecule has 6 rings (SSSR count). The molecule has 27 nitrogen and oxygen atoms in total. The normalized spacial score (nSPS) is 15.7. The molecule has 1 aromatic carbocycles. The summed E-state index contributed by atoms with van der Waals surface area (Å²) in [5.41, 5.74) is 0.759. The van der Waals surface area contributed by atoms with Gasteiger partial charge in [0, 0.05) is 107 Å². The third-order valence-corrected chi connectivity index (χ3v) is 13.6. The summed E-state index contributed by atoms with van der Waals surface area (Å²) in [6.07, 6.45) is 4.42. The van der Waals surface area contributed by atoms with Crippen molar-refractivity contribution < 1.29 is 87.0 Å². The zero-order valence-electron chi connectivity index (χ0n) is 43.1. The number of aromatic nitrogens is 5. The summed E-state index contributed by atoms with van der Waals surface area (Å²) < 4.78 is 36.8. The summed E-state index contributed by atoms with van der Waals surface area (Å²) in [6, 6.07) is 6.99. The van der Waals surface area contributed by atoms with Crippen LogP contribution in [-0.4, -0.2) is 199 Å².